The molecule has 0 aliphatic carbocycles. The Morgan fingerprint density at radius 1 is 1.27 bits per heavy atom. The topological polar surface area (TPSA) is 88.6 Å². The van der Waals surface area contributed by atoms with E-state index in [1.54, 1.807) is 11.0 Å². The fraction of sp³-hybridized carbons (Fsp3) is 0.458. The number of anilines is 3. The zero-order chi connectivity index (χ0) is 24.2. The van der Waals surface area contributed by atoms with Gasteiger partial charge in [-0.15, -0.1) is 0 Å². The van der Waals surface area contributed by atoms with Crippen molar-refractivity contribution in [3.63, 3.8) is 0 Å². The number of carbonyl (C=O) groups excluding carboxylic acids is 1. The third-order valence-electron chi connectivity index (χ3n) is 5.10. The van der Waals surface area contributed by atoms with Crippen LogP contribution in [0.2, 0.25) is 0 Å². The molecule has 1 amide bonds. The molecule has 2 aromatic heterocycles. The van der Waals surface area contributed by atoms with E-state index in [4.69, 9.17) is 9.47 Å². The van der Waals surface area contributed by atoms with Crippen LogP contribution in [0.15, 0.2) is 24.4 Å². The number of carbonyl (C=O) groups is 1. The molecule has 0 spiro atoms. The Hall–Kier alpha value is -3.36. The molecule has 0 atom stereocenters. The molecule has 1 aliphatic rings. The minimum Gasteiger partial charge on any atom is -0.494 e. The fourth-order valence-electron chi connectivity index (χ4n) is 3.60. The Morgan fingerprint density at radius 3 is 2.70 bits per heavy atom. The maximum atomic E-state index is 15.7. The first kappa shape index (κ1) is 24.3. The molecule has 2 N–H and O–H groups in total. The van der Waals surface area contributed by atoms with E-state index in [9.17, 15) is 4.79 Å². The summed E-state index contributed by atoms with van der Waals surface area (Å²) in [6.45, 7) is 8.20. The number of nitrogens with one attached hydrogen (secondary N) is 2. The summed E-state index contributed by atoms with van der Waals surface area (Å²) >= 11 is 0. The van der Waals surface area contributed by atoms with E-state index in [0.717, 1.165) is 17.0 Å². The molecule has 178 valence electrons. The molecule has 1 aliphatic heterocycles. The molecular formula is C24H32FN5O3. The van der Waals surface area contributed by atoms with E-state index in [1.807, 2.05) is 46.9 Å². The van der Waals surface area contributed by atoms with Crippen LogP contribution >= 0.6 is 0 Å². The van der Waals surface area contributed by atoms with Gasteiger partial charge in [0.25, 0.3) is 0 Å². The molecule has 0 aromatic carbocycles. The molecule has 0 bridgehead atoms. The van der Waals surface area contributed by atoms with Gasteiger partial charge >= 0.3 is 6.09 Å². The van der Waals surface area contributed by atoms with Crippen molar-refractivity contribution in [2.75, 3.05) is 37.9 Å². The Kier molecular flexibility index (Phi) is 7.40. The van der Waals surface area contributed by atoms with E-state index < -0.39 is 11.4 Å². The van der Waals surface area contributed by atoms with Gasteiger partial charge in [-0.05, 0) is 52.2 Å². The van der Waals surface area contributed by atoms with Gasteiger partial charge in [-0.3, -0.25) is 0 Å². The average molecular weight is 458 g/mol. The number of nitrogens with zero attached hydrogens (tertiary/aromatic N) is 3. The lowest BCUT2D eigenvalue weighted by molar-refractivity contribution is 0.0273. The number of rotatable bonds is 5. The van der Waals surface area contributed by atoms with Gasteiger partial charge in [0.1, 0.15) is 17.2 Å². The van der Waals surface area contributed by atoms with Crippen molar-refractivity contribution < 1.29 is 18.7 Å². The second-order valence-corrected chi connectivity index (χ2v) is 8.88. The SMILES string of the molecule is CNc1cc(C)nc(Nc2ncc(OC)c(C3=CCN(C(=O)OC(C)(C)C)CCC3)c2F)c1. The fourth-order valence-corrected chi connectivity index (χ4v) is 3.60. The number of methoxy groups -OCH3 is 1. The molecule has 33 heavy (non-hydrogen) atoms. The molecule has 0 saturated carbocycles. The summed E-state index contributed by atoms with van der Waals surface area (Å²) in [7, 11) is 3.29. The molecule has 0 radical (unpaired) electrons. The predicted octanol–water partition coefficient (Wildman–Crippen LogP) is 5.13. The number of aryl methyl sites for hydroxylation is 1. The second-order valence-electron chi connectivity index (χ2n) is 8.88. The van der Waals surface area contributed by atoms with Gasteiger partial charge in [0, 0.05) is 37.6 Å². The number of hydrogen-bond donors (Lipinski definition) is 2. The second kappa shape index (κ2) is 10.1. The lowest BCUT2D eigenvalue weighted by atomic mass is 10.0. The zero-order valence-electron chi connectivity index (χ0n) is 20.1. The Balaban J connectivity index is 1.91. The first-order chi connectivity index (χ1) is 15.6. The van der Waals surface area contributed by atoms with Crippen molar-refractivity contribution in [1.82, 2.24) is 14.9 Å². The molecule has 8 nitrogen and oxygen atoms in total. The average Bonchev–Trinajstić information content (AvgIpc) is 2.99. The number of pyridine rings is 2. The minimum absolute atomic E-state index is 0.0556. The van der Waals surface area contributed by atoms with Crippen LogP contribution < -0.4 is 15.4 Å². The van der Waals surface area contributed by atoms with Crippen molar-refractivity contribution in [3.8, 4) is 5.75 Å². The van der Waals surface area contributed by atoms with Gasteiger partial charge in [0.15, 0.2) is 11.6 Å². The minimum atomic E-state index is -0.575. The molecular weight excluding hydrogens is 425 g/mol. The number of amides is 1. The van der Waals surface area contributed by atoms with Gasteiger partial charge in [0.05, 0.1) is 18.9 Å². The Morgan fingerprint density at radius 2 is 2.03 bits per heavy atom. The maximum absolute atomic E-state index is 15.7. The largest absolute Gasteiger partial charge is 0.494 e. The molecule has 9 heteroatoms. The number of aromatic nitrogens is 2. The summed E-state index contributed by atoms with van der Waals surface area (Å²) in [6.07, 6.45) is 4.22. The van der Waals surface area contributed by atoms with Crippen molar-refractivity contribution in [2.45, 2.75) is 46.1 Å². The first-order valence-corrected chi connectivity index (χ1v) is 10.9. The number of allylic oxidation sites excluding steroid dienone is 1. The highest BCUT2D eigenvalue weighted by Gasteiger charge is 2.25. The van der Waals surface area contributed by atoms with E-state index in [-0.39, 0.29) is 11.9 Å². The van der Waals surface area contributed by atoms with E-state index in [2.05, 4.69) is 20.6 Å². The number of halogens is 1. The van der Waals surface area contributed by atoms with Crippen LogP contribution in [0, 0.1) is 12.7 Å². The normalized spacial score (nSPS) is 14.3. The number of hydrogen-bond acceptors (Lipinski definition) is 7. The molecule has 0 saturated heterocycles. The Bertz CT molecular complexity index is 1050. The van der Waals surface area contributed by atoms with Gasteiger partial charge in [-0.2, -0.15) is 0 Å². The lowest BCUT2D eigenvalue weighted by Gasteiger charge is -2.25. The molecule has 0 fully saturated rings. The summed E-state index contributed by atoms with van der Waals surface area (Å²) in [5.41, 5.74) is 2.16. The standard InChI is InChI=1S/C24H32FN5O3/c1-15-12-17(26-5)13-19(28-15)29-22-21(25)20(18(32-6)14-27-22)16-8-7-10-30(11-9-16)23(31)33-24(2,3)4/h9,12-14H,7-8,10-11H2,1-6H3,(H2,26,27,28,29). The third-order valence-corrected chi connectivity index (χ3v) is 5.10. The summed E-state index contributed by atoms with van der Waals surface area (Å²) in [6, 6.07) is 3.67. The van der Waals surface area contributed by atoms with Crippen molar-refractivity contribution >= 4 is 29.0 Å². The van der Waals surface area contributed by atoms with E-state index in [1.165, 1.54) is 13.3 Å². The van der Waals surface area contributed by atoms with E-state index in [0.29, 0.717) is 43.1 Å². The number of ether oxygens (including phenoxy) is 2. The quantitative estimate of drug-likeness (QED) is 0.643. The van der Waals surface area contributed by atoms with Crippen LogP contribution in [0.25, 0.3) is 5.57 Å². The molecule has 3 rings (SSSR count). The maximum Gasteiger partial charge on any atom is 0.410 e. The third kappa shape index (κ3) is 6.12. The molecule has 3 heterocycles. The van der Waals surface area contributed by atoms with Crippen LogP contribution in [0.3, 0.4) is 0 Å². The molecule has 2 aromatic rings. The highest BCUT2D eigenvalue weighted by molar-refractivity contribution is 5.76. The van der Waals surface area contributed by atoms with Gasteiger partial charge in [-0.1, -0.05) is 6.08 Å². The first-order valence-electron chi connectivity index (χ1n) is 10.9. The Labute approximate surface area is 194 Å². The van der Waals surface area contributed by atoms with Crippen molar-refractivity contribution in [3.05, 3.63) is 41.5 Å². The lowest BCUT2D eigenvalue weighted by Crippen LogP contribution is -2.37. The summed E-state index contributed by atoms with van der Waals surface area (Å²) in [5, 5.41) is 6.04. The van der Waals surface area contributed by atoms with Crippen LogP contribution in [0.5, 0.6) is 5.75 Å². The predicted molar refractivity (Wildman–Crippen MR) is 128 cm³/mol. The smallest absolute Gasteiger partial charge is 0.410 e. The van der Waals surface area contributed by atoms with Crippen LogP contribution in [-0.2, 0) is 4.74 Å². The van der Waals surface area contributed by atoms with Gasteiger partial charge < -0.3 is 25.0 Å². The van der Waals surface area contributed by atoms with Crippen LogP contribution in [-0.4, -0.2) is 53.8 Å². The summed E-state index contributed by atoms with van der Waals surface area (Å²) in [5.74, 6) is 0.344. The van der Waals surface area contributed by atoms with Crippen LogP contribution in [0.1, 0.15) is 44.9 Å². The van der Waals surface area contributed by atoms with E-state index >= 15 is 4.39 Å². The van der Waals surface area contributed by atoms with Gasteiger partial charge in [-0.25, -0.2) is 19.2 Å². The van der Waals surface area contributed by atoms with Gasteiger partial charge in [0.2, 0.25) is 0 Å². The summed E-state index contributed by atoms with van der Waals surface area (Å²) in [4.78, 5) is 22.7. The zero-order valence-corrected chi connectivity index (χ0v) is 20.1. The van der Waals surface area contributed by atoms with Crippen molar-refractivity contribution in [1.29, 1.82) is 0 Å². The van der Waals surface area contributed by atoms with Crippen LogP contribution in [0.4, 0.5) is 26.5 Å². The monoisotopic (exact) mass is 457 g/mol. The molecule has 0 unspecified atom stereocenters. The van der Waals surface area contributed by atoms with Crippen molar-refractivity contribution in [2.24, 2.45) is 0 Å². The highest BCUT2D eigenvalue weighted by Crippen LogP contribution is 2.36. The highest BCUT2D eigenvalue weighted by atomic mass is 19.1. The summed E-state index contributed by atoms with van der Waals surface area (Å²) < 4.78 is 26.6.